The summed E-state index contributed by atoms with van der Waals surface area (Å²) in [6, 6.07) is 3.89. The summed E-state index contributed by atoms with van der Waals surface area (Å²) >= 11 is 0. The molecule has 0 aliphatic carbocycles. The molecule has 1 N–H and O–H groups in total. The molecule has 2 aromatic rings. The van der Waals surface area contributed by atoms with Crippen LogP contribution < -0.4 is 0 Å². The summed E-state index contributed by atoms with van der Waals surface area (Å²) in [6.45, 7) is 3.84. The van der Waals surface area contributed by atoms with Crippen LogP contribution >= 0.6 is 0 Å². The number of benzene rings is 1. The molecule has 0 unspecified atom stereocenters. The zero-order valence-electron chi connectivity index (χ0n) is 8.90. The van der Waals surface area contributed by atoms with E-state index in [9.17, 15) is 10.0 Å². The van der Waals surface area contributed by atoms with Gasteiger partial charge in [-0.1, -0.05) is 12.1 Å². The van der Waals surface area contributed by atoms with Gasteiger partial charge in [0.25, 0.3) is 0 Å². The van der Waals surface area contributed by atoms with Crippen LogP contribution in [0.4, 0.5) is 5.69 Å². The Kier molecular flexibility index (Phi) is 2.00. The molecule has 1 aromatic carbocycles. The van der Waals surface area contributed by atoms with Gasteiger partial charge >= 0.3 is 0 Å². The second kappa shape index (κ2) is 3.08. The maximum Gasteiger partial charge on any atom is 0.222 e. The van der Waals surface area contributed by atoms with Gasteiger partial charge < -0.3 is 9.67 Å². The van der Waals surface area contributed by atoms with E-state index in [-0.39, 0.29) is 11.6 Å². The molecule has 1 heterocycles. The number of hydrogen-bond acceptors (Lipinski definition) is 3. The average Bonchev–Trinajstić information content (AvgIpc) is 2.47. The molecule has 0 aliphatic rings. The average molecular weight is 204 g/mol. The van der Waals surface area contributed by atoms with E-state index in [1.807, 2.05) is 26.0 Å². The SMILES string of the molecule is Cc1ccc(C)c2c1c(N=O)c(O)n2C. The van der Waals surface area contributed by atoms with Crippen LogP contribution in [-0.4, -0.2) is 9.67 Å². The van der Waals surface area contributed by atoms with Gasteiger partial charge in [0, 0.05) is 12.4 Å². The molecule has 2 rings (SSSR count). The monoisotopic (exact) mass is 204 g/mol. The van der Waals surface area contributed by atoms with Crippen molar-refractivity contribution in [1.29, 1.82) is 0 Å². The lowest BCUT2D eigenvalue weighted by Gasteiger charge is -2.02. The fourth-order valence-corrected chi connectivity index (χ4v) is 1.99. The van der Waals surface area contributed by atoms with Crippen molar-refractivity contribution in [3.63, 3.8) is 0 Å². The maximum absolute atomic E-state index is 10.7. The Labute approximate surface area is 87.1 Å². The minimum atomic E-state index is -0.0719. The van der Waals surface area contributed by atoms with Crippen LogP contribution in [0.1, 0.15) is 11.1 Å². The lowest BCUT2D eigenvalue weighted by molar-refractivity contribution is 0.436. The molecule has 0 bridgehead atoms. The van der Waals surface area contributed by atoms with Gasteiger partial charge in [-0.15, -0.1) is 4.91 Å². The van der Waals surface area contributed by atoms with Crippen LogP contribution in [0.3, 0.4) is 0 Å². The summed E-state index contributed by atoms with van der Waals surface area (Å²) in [7, 11) is 1.72. The quantitative estimate of drug-likeness (QED) is 0.726. The van der Waals surface area contributed by atoms with E-state index in [2.05, 4.69) is 5.18 Å². The molecule has 0 radical (unpaired) electrons. The standard InChI is InChI=1S/C11H12N2O2/c1-6-4-5-7(2)10-8(6)9(12-15)11(14)13(10)3/h4-5,14H,1-3H3. The third-order valence-electron chi connectivity index (χ3n) is 2.78. The molecular weight excluding hydrogens is 192 g/mol. The Bertz CT molecular complexity index is 555. The molecule has 4 nitrogen and oxygen atoms in total. The van der Waals surface area contributed by atoms with Crippen molar-refractivity contribution in [3.05, 3.63) is 28.2 Å². The number of aryl methyl sites for hydroxylation is 3. The molecule has 0 atom stereocenters. The van der Waals surface area contributed by atoms with Crippen molar-refractivity contribution in [2.75, 3.05) is 0 Å². The first-order chi connectivity index (χ1) is 7.07. The van der Waals surface area contributed by atoms with Gasteiger partial charge in [-0.3, -0.25) is 0 Å². The van der Waals surface area contributed by atoms with Gasteiger partial charge in [-0.2, -0.15) is 0 Å². The van der Waals surface area contributed by atoms with Crippen molar-refractivity contribution in [3.8, 4) is 5.88 Å². The van der Waals surface area contributed by atoms with Crippen molar-refractivity contribution in [2.24, 2.45) is 12.2 Å². The Morgan fingerprint density at radius 1 is 1.27 bits per heavy atom. The lowest BCUT2D eigenvalue weighted by atomic mass is 10.1. The van der Waals surface area contributed by atoms with E-state index in [0.717, 1.165) is 22.0 Å². The van der Waals surface area contributed by atoms with Crippen LogP contribution in [-0.2, 0) is 7.05 Å². The number of nitrogens with zero attached hydrogens (tertiary/aromatic N) is 2. The summed E-state index contributed by atoms with van der Waals surface area (Å²) in [6.07, 6.45) is 0. The topological polar surface area (TPSA) is 54.6 Å². The summed E-state index contributed by atoms with van der Waals surface area (Å²) < 4.78 is 1.59. The van der Waals surface area contributed by atoms with Crippen LogP contribution in [0.25, 0.3) is 10.9 Å². The minimum absolute atomic E-state index is 0.0719. The van der Waals surface area contributed by atoms with Gasteiger partial charge in [-0.05, 0) is 30.2 Å². The first-order valence-electron chi connectivity index (χ1n) is 4.68. The minimum Gasteiger partial charge on any atom is -0.493 e. The largest absolute Gasteiger partial charge is 0.493 e. The highest BCUT2D eigenvalue weighted by Gasteiger charge is 2.18. The maximum atomic E-state index is 10.7. The zero-order valence-corrected chi connectivity index (χ0v) is 8.90. The van der Waals surface area contributed by atoms with Crippen molar-refractivity contribution >= 4 is 16.6 Å². The normalized spacial score (nSPS) is 10.9. The smallest absolute Gasteiger partial charge is 0.222 e. The van der Waals surface area contributed by atoms with E-state index in [0.29, 0.717) is 0 Å². The fraction of sp³-hybridized carbons (Fsp3) is 0.273. The Balaban J connectivity index is 3.09. The first-order valence-corrected chi connectivity index (χ1v) is 4.68. The van der Waals surface area contributed by atoms with E-state index in [1.54, 1.807) is 11.6 Å². The predicted molar refractivity (Wildman–Crippen MR) is 59.5 cm³/mol. The molecule has 4 heteroatoms. The highest BCUT2D eigenvalue weighted by atomic mass is 16.3. The van der Waals surface area contributed by atoms with Crippen LogP contribution in [0, 0.1) is 18.8 Å². The van der Waals surface area contributed by atoms with Crippen molar-refractivity contribution in [1.82, 2.24) is 4.57 Å². The van der Waals surface area contributed by atoms with Crippen molar-refractivity contribution in [2.45, 2.75) is 13.8 Å². The Hall–Kier alpha value is -1.84. The summed E-state index contributed by atoms with van der Waals surface area (Å²) in [5.74, 6) is -0.0719. The second-order valence-corrected chi connectivity index (χ2v) is 3.75. The molecule has 0 saturated heterocycles. The van der Waals surface area contributed by atoms with Crippen molar-refractivity contribution < 1.29 is 5.11 Å². The third kappa shape index (κ3) is 1.14. The number of aromatic nitrogens is 1. The van der Waals surface area contributed by atoms with E-state index in [4.69, 9.17) is 0 Å². The number of nitroso groups, excluding NO2 is 1. The number of rotatable bonds is 1. The molecule has 0 spiro atoms. The van der Waals surface area contributed by atoms with E-state index in [1.165, 1.54) is 0 Å². The predicted octanol–water partition coefficient (Wildman–Crippen LogP) is 2.90. The molecule has 0 amide bonds. The molecule has 78 valence electrons. The first kappa shape index (κ1) is 9.71. The fourth-order valence-electron chi connectivity index (χ4n) is 1.99. The van der Waals surface area contributed by atoms with Crippen LogP contribution in [0.15, 0.2) is 17.3 Å². The van der Waals surface area contributed by atoms with Gasteiger partial charge in [0.2, 0.25) is 5.88 Å². The van der Waals surface area contributed by atoms with E-state index >= 15 is 0 Å². The molecule has 0 fully saturated rings. The summed E-state index contributed by atoms with van der Waals surface area (Å²) in [5, 5.41) is 13.4. The highest BCUT2D eigenvalue weighted by Crippen LogP contribution is 2.40. The number of aromatic hydroxyl groups is 1. The molecule has 0 saturated carbocycles. The van der Waals surface area contributed by atoms with Crippen LogP contribution in [0.5, 0.6) is 5.88 Å². The number of hydrogen-bond donors (Lipinski definition) is 1. The number of fused-ring (bicyclic) bond motifs is 1. The summed E-state index contributed by atoms with van der Waals surface area (Å²) in [5.41, 5.74) is 2.96. The molecule has 0 aliphatic heterocycles. The van der Waals surface area contributed by atoms with Gasteiger partial charge in [0.05, 0.1) is 5.52 Å². The summed E-state index contributed by atoms with van der Waals surface area (Å²) in [4.78, 5) is 10.7. The Morgan fingerprint density at radius 2 is 1.87 bits per heavy atom. The highest BCUT2D eigenvalue weighted by molar-refractivity contribution is 5.99. The van der Waals surface area contributed by atoms with E-state index < -0.39 is 0 Å². The second-order valence-electron chi connectivity index (χ2n) is 3.75. The Morgan fingerprint density at radius 3 is 2.47 bits per heavy atom. The molecular formula is C11H12N2O2. The molecule has 1 aromatic heterocycles. The van der Waals surface area contributed by atoms with Gasteiger partial charge in [0.15, 0.2) is 5.69 Å². The zero-order chi connectivity index (χ0) is 11.2. The molecule has 15 heavy (non-hydrogen) atoms. The van der Waals surface area contributed by atoms with Gasteiger partial charge in [-0.25, -0.2) is 0 Å². The van der Waals surface area contributed by atoms with Gasteiger partial charge in [0.1, 0.15) is 0 Å². The third-order valence-corrected chi connectivity index (χ3v) is 2.78. The van der Waals surface area contributed by atoms with Crippen LogP contribution in [0.2, 0.25) is 0 Å². The lowest BCUT2D eigenvalue weighted by Crippen LogP contribution is -1.89.